The van der Waals surface area contributed by atoms with Gasteiger partial charge in [0.05, 0.1) is 6.61 Å². The van der Waals surface area contributed by atoms with Gasteiger partial charge in [0, 0.05) is 18.1 Å². The maximum absolute atomic E-state index is 11.1. The van der Waals surface area contributed by atoms with E-state index >= 15 is 0 Å². The lowest BCUT2D eigenvalue weighted by Gasteiger charge is -2.14. The molecule has 4 nitrogen and oxygen atoms in total. The summed E-state index contributed by atoms with van der Waals surface area (Å²) in [6.07, 6.45) is 1.78. The third-order valence-corrected chi connectivity index (χ3v) is 2.16. The van der Waals surface area contributed by atoms with E-state index in [1.165, 1.54) is 18.2 Å². The van der Waals surface area contributed by atoms with Crippen LogP contribution in [0.5, 0.6) is 11.5 Å². The molecule has 0 atom stereocenters. The fourth-order valence-electron chi connectivity index (χ4n) is 1.37. The van der Waals surface area contributed by atoms with E-state index < -0.39 is 0 Å². The summed E-state index contributed by atoms with van der Waals surface area (Å²) in [5, 5.41) is 18.4. The van der Waals surface area contributed by atoms with Crippen LogP contribution < -0.4 is 0 Å². The second-order valence-corrected chi connectivity index (χ2v) is 3.28. The zero-order valence-corrected chi connectivity index (χ0v) is 7.93. The Labute approximate surface area is 86.4 Å². The first-order valence-corrected chi connectivity index (χ1v) is 4.56. The molecule has 4 heteroatoms. The van der Waals surface area contributed by atoms with E-state index in [0.717, 1.165) is 0 Å². The molecular formula is C11H10O4. The first-order valence-electron chi connectivity index (χ1n) is 4.56. The number of hydrogen-bond acceptors (Lipinski definition) is 4. The Balaban J connectivity index is 2.37. The van der Waals surface area contributed by atoms with Crippen LogP contribution in [0.4, 0.5) is 0 Å². The Kier molecular flexibility index (Phi) is 2.33. The van der Waals surface area contributed by atoms with Crippen molar-refractivity contribution in [3.05, 3.63) is 29.8 Å². The molecule has 0 saturated heterocycles. The summed E-state index contributed by atoms with van der Waals surface area (Å²) in [7, 11) is 0. The van der Waals surface area contributed by atoms with Crippen LogP contribution in [0.1, 0.15) is 12.0 Å². The molecule has 2 rings (SSSR count). The van der Waals surface area contributed by atoms with Gasteiger partial charge in [-0.2, -0.15) is 0 Å². The van der Waals surface area contributed by atoms with Crippen molar-refractivity contribution in [3.8, 4) is 11.5 Å². The largest absolute Gasteiger partial charge is 0.504 e. The minimum atomic E-state index is -0.227. The zero-order chi connectivity index (χ0) is 10.8. The van der Waals surface area contributed by atoms with E-state index in [1.54, 1.807) is 6.07 Å². The van der Waals surface area contributed by atoms with Gasteiger partial charge in [-0.3, -0.25) is 4.79 Å². The number of carbonyl (C=O) groups excluding carboxylic acids is 1. The Hall–Kier alpha value is -1.97. The van der Waals surface area contributed by atoms with Gasteiger partial charge < -0.3 is 14.9 Å². The van der Waals surface area contributed by atoms with Gasteiger partial charge in [-0.1, -0.05) is 0 Å². The third kappa shape index (κ3) is 1.93. The summed E-state index contributed by atoms with van der Waals surface area (Å²) in [6, 6.07) is 4.30. The summed E-state index contributed by atoms with van der Waals surface area (Å²) < 4.78 is 5.28. The fraction of sp³-hybridized carbons (Fsp3) is 0.182. The van der Waals surface area contributed by atoms with Gasteiger partial charge in [0.2, 0.25) is 0 Å². The minimum absolute atomic E-state index is 0.00353. The molecule has 0 bridgehead atoms. The number of rotatable bonds is 1. The number of carbonyl (C=O) groups is 1. The van der Waals surface area contributed by atoms with E-state index in [4.69, 9.17) is 9.84 Å². The molecule has 1 aliphatic rings. The van der Waals surface area contributed by atoms with Crippen LogP contribution in [0.25, 0.3) is 5.76 Å². The normalized spacial score (nSPS) is 15.7. The standard InChI is InChI=1S/C11H10O4/c12-8-3-4-15-11(6-8)7-1-2-9(13)10(14)5-7/h1-2,5-6,13-14H,3-4H2. The number of ether oxygens (including phenoxy) is 1. The smallest absolute Gasteiger partial charge is 0.162 e. The van der Waals surface area contributed by atoms with Crippen LogP contribution in [0, 0.1) is 0 Å². The van der Waals surface area contributed by atoms with Crippen LogP contribution in [0.15, 0.2) is 24.3 Å². The van der Waals surface area contributed by atoms with Gasteiger partial charge in [0.25, 0.3) is 0 Å². The van der Waals surface area contributed by atoms with Crippen LogP contribution in [0.2, 0.25) is 0 Å². The molecule has 2 N–H and O–H groups in total. The molecule has 1 aliphatic heterocycles. The molecule has 1 aromatic rings. The summed E-state index contributed by atoms with van der Waals surface area (Å²) in [6.45, 7) is 0.353. The van der Waals surface area contributed by atoms with E-state index in [9.17, 15) is 9.90 Å². The van der Waals surface area contributed by atoms with Crippen molar-refractivity contribution in [2.75, 3.05) is 6.61 Å². The van der Waals surface area contributed by atoms with E-state index in [0.29, 0.717) is 24.4 Å². The van der Waals surface area contributed by atoms with Crippen molar-refractivity contribution in [2.45, 2.75) is 6.42 Å². The molecule has 0 spiro atoms. The monoisotopic (exact) mass is 206 g/mol. The van der Waals surface area contributed by atoms with E-state index in [2.05, 4.69) is 0 Å². The number of hydrogen-bond donors (Lipinski definition) is 2. The quantitative estimate of drug-likeness (QED) is 0.682. The van der Waals surface area contributed by atoms with Crippen LogP contribution in [-0.4, -0.2) is 22.6 Å². The average molecular weight is 206 g/mol. The van der Waals surface area contributed by atoms with Crippen molar-refractivity contribution < 1.29 is 19.7 Å². The topological polar surface area (TPSA) is 66.8 Å². The molecule has 0 saturated carbocycles. The number of allylic oxidation sites excluding steroid dienone is 1. The number of benzene rings is 1. The average Bonchev–Trinajstić information content (AvgIpc) is 2.22. The Morgan fingerprint density at radius 2 is 2.00 bits per heavy atom. The van der Waals surface area contributed by atoms with Crippen molar-refractivity contribution in [1.82, 2.24) is 0 Å². The van der Waals surface area contributed by atoms with E-state index in [-0.39, 0.29) is 17.3 Å². The van der Waals surface area contributed by atoms with Gasteiger partial charge in [-0.25, -0.2) is 0 Å². The third-order valence-electron chi connectivity index (χ3n) is 2.16. The molecule has 0 aromatic heterocycles. The summed E-state index contributed by atoms with van der Waals surface area (Å²) in [5.41, 5.74) is 0.582. The highest BCUT2D eigenvalue weighted by molar-refractivity contribution is 5.96. The summed E-state index contributed by atoms with van der Waals surface area (Å²) in [5.74, 6) is 0.0156. The van der Waals surface area contributed by atoms with Crippen molar-refractivity contribution >= 4 is 11.5 Å². The van der Waals surface area contributed by atoms with Gasteiger partial charge in [-0.05, 0) is 18.2 Å². The van der Waals surface area contributed by atoms with Gasteiger partial charge in [-0.15, -0.1) is 0 Å². The van der Waals surface area contributed by atoms with Crippen LogP contribution >= 0.6 is 0 Å². The number of aromatic hydroxyl groups is 2. The summed E-state index contributed by atoms with van der Waals surface area (Å²) >= 11 is 0. The van der Waals surface area contributed by atoms with Crippen molar-refractivity contribution in [2.24, 2.45) is 0 Å². The van der Waals surface area contributed by atoms with Crippen LogP contribution in [0.3, 0.4) is 0 Å². The van der Waals surface area contributed by atoms with Crippen molar-refractivity contribution in [3.63, 3.8) is 0 Å². The molecule has 0 amide bonds. The highest BCUT2D eigenvalue weighted by Crippen LogP contribution is 2.29. The van der Waals surface area contributed by atoms with Gasteiger partial charge in [0.15, 0.2) is 17.3 Å². The fourth-order valence-corrected chi connectivity index (χ4v) is 1.37. The molecule has 15 heavy (non-hydrogen) atoms. The zero-order valence-electron chi connectivity index (χ0n) is 7.93. The Bertz CT molecular complexity index is 434. The highest BCUT2D eigenvalue weighted by atomic mass is 16.5. The first-order chi connectivity index (χ1) is 7.16. The lowest BCUT2D eigenvalue weighted by atomic mass is 10.1. The van der Waals surface area contributed by atoms with E-state index in [1.807, 2.05) is 0 Å². The molecule has 1 heterocycles. The molecule has 0 aliphatic carbocycles. The molecule has 0 unspecified atom stereocenters. The molecule has 1 aromatic carbocycles. The molecule has 78 valence electrons. The maximum atomic E-state index is 11.1. The van der Waals surface area contributed by atoms with Crippen LogP contribution in [-0.2, 0) is 9.53 Å². The number of ketones is 1. The maximum Gasteiger partial charge on any atom is 0.162 e. The molecule has 0 radical (unpaired) electrons. The SMILES string of the molecule is O=C1C=C(c2ccc(O)c(O)c2)OCC1. The van der Waals surface area contributed by atoms with Gasteiger partial charge in [0.1, 0.15) is 5.76 Å². The molecular weight excluding hydrogens is 196 g/mol. The summed E-state index contributed by atoms with van der Waals surface area (Å²) in [4.78, 5) is 11.1. The minimum Gasteiger partial charge on any atom is -0.504 e. The van der Waals surface area contributed by atoms with Crippen molar-refractivity contribution in [1.29, 1.82) is 0 Å². The second-order valence-electron chi connectivity index (χ2n) is 3.28. The second kappa shape index (κ2) is 3.65. The number of phenolic OH excluding ortho intramolecular Hbond substituents is 2. The lowest BCUT2D eigenvalue weighted by Crippen LogP contribution is -2.08. The predicted molar refractivity (Wildman–Crippen MR) is 53.3 cm³/mol. The predicted octanol–water partition coefficient (Wildman–Crippen LogP) is 1.43. The molecule has 0 fully saturated rings. The highest BCUT2D eigenvalue weighted by Gasteiger charge is 2.13. The number of phenols is 2. The Morgan fingerprint density at radius 1 is 1.20 bits per heavy atom. The lowest BCUT2D eigenvalue weighted by molar-refractivity contribution is -0.115. The van der Waals surface area contributed by atoms with Gasteiger partial charge >= 0.3 is 0 Å². The first kappa shape index (κ1) is 9.58. The Morgan fingerprint density at radius 3 is 2.67 bits per heavy atom.